The van der Waals surface area contributed by atoms with Crippen LogP contribution in [-0.2, 0) is 0 Å². The van der Waals surface area contributed by atoms with Crippen molar-refractivity contribution in [2.45, 2.75) is 0 Å². The van der Waals surface area contributed by atoms with Crippen LogP contribution in [0.4, 0.5) is 17.1 Å². The van der Waals surface area contributed by atoms with Gasteiger partial charge in [0.25, 0.3) is 11.2 Å². The van der Waals surface area contributed by atoms with Gasteiger partial charge in [0.2, 0.25) is 5.88 Å². The number of rotatable bonds is 5. The van der Waals surface area contributed by atoms with Gasteiger partial charge in [-0.05, 0) is 6.07 Å². The molecule has 0 spiro atoms. The fourth-order valence-corrected chi connectivity index (χ4v) is 1.56. The third kappa shape index (κ3) is 3.44. The van der Waals surface area contributed by atoms with Crippen molar-refractivity contribution in [3.63, 3.8) is 0 Å². The molecule has 0 atom stereocenters. The largest absolute Gasteiger partial charge is 0.493 e. The molecular weight excluding hydrogens is 312 g/mol. The third-order valence-corrected chi connectivity index (χ3v) is 2.64. The highest BCUT2D eigenvalue weighted by atomic mass is 16.6. The van der Waals surface area contributed by atoms with Gasteiger partial charge >= 0.3 is 5.69 Å². The minimum Gasteiger partial charge on any atom is -0.493 e. The van der Waals surface area contributed by atoms with Gasteiger partial charge in [0, 0.05) is 6.07 Å². The zero-order valence-corrected chi connectivity index (χ0v) is 11.2. The summed E-state index contributed by atoms with van der Waals surface area (Å²) in [6, 6.07) is 2.92. The maximum absolute atomic E-state index is 11.4. The van der Waals surface area contributed by atoms with Gasteiger partial charge in [-0.15, -0.1) is 0 Å². The number of nitro benzene ring substituents is 2. The zero-order valence-electron chi connectivity index (χ0n) is 11.2. The first-order valence-electron chi connectivity index (χ1n) is 5.88. The summed E-state index contributed by atoms with van der Waals surface area (Å²) in [6.45, 7) is 0. The van der Waals surface area contributed by atoms with E-state index in [4.69, 9.17) is 0 Å². The monoisotopic (exact) mass is 320 g/mol. The molecule has 0 amide bonds. The van der Waals surface area contributed by atoms with E-state index < -0.39 is 32.7 Å². The Morgan fingerprint density at radius 3 is 2.65 bits per heavy atom. The molecular formula is C11H8N6O6. The molecule has 1 aromatic heterocycles. The van der Waals surface area contributed by atoms with E-state index in [0.717, 1.165) is 30.7 Å². The molecule has 0 unspecified atom stereocenters. The maximum atomic E-state index is 11.4. The fraction of sp³-hybridized carbons (Fsp3) is 0. The van der Waals surface area contributed by atoms with E-state index in [2.05, 4.69) is 20.5 Å². The van der Waals surface area contributed by atoms with Gasteiger partial charge in [-0.3, -0.25) is 30.4 Å². The van der Waals surface area contributed by atoms with Crippen molar-refractivity contribution >= 4 is 23.3 Å². The van der Waals surface area contributed by atoms with Crippen molar-refractivity contribution in [3.05, 3.63) is 60.7 Å². The number of hydrogen-bond acceptors (Lipinski definition) is 9. The van der Waals surface area contributed by atoms with E-state index in [0.29, 0.717) is 0 Å². The zero-order chi connectivity index (χ0) is 17.0. The SMILES string of the molecule is O=c1[nH]cnc(O)c1C=NNc1ccc([N+](=O)[O-])cc1[N+](=O)[O-]. The second kappa shape index (κ2) is 6.30. The molecule has 0 aliphatic heterocycles. The minimum atomic E-state index is -0.820. The van der Waals surface area contributed by atoms with Gasteiger partial charge in [-0.2, -0.15) is 5.10 Å². The molecule has 2 aromatic rings. The molecule has 12 nitrogen and oxygen atoms in total. The van der Waals surface area contributed by atoms with Crippen LogP contribution in [0.25, 0.3) is 0 Å². The molecule has 23 heavy (non-hydrogen) atoms. The molecule has 0 radical (unpaired) electrons. The van der Waals surface area contributed by atoms with Gasteiger partial charge in [-0.1, -0.05) is 0 Å². The summed E-state index contributed by atoms with van der Waals surface area (Å²) in [7, 11) is 0. The molecule has 0 saturated carbocycles. The normalized spacial score (nSPS) is 10.6. The summed E-state index contributed by atoms with van der Waals surface area (Å²) in [6.07, 6.45) is 1.90. The molecule has 1 heterocycles. The summed E-state index contributed by atoms with van der Waals surface area (Å²) in [5.74, 6) is -0.572. The average Bonchev–Trinajstić information content (AvgIpc) is 2.50. The van der Waals surface area contributed by atoms with Crippen molar-refractivity contribution in [1.29, 1.82) is 0 Å². The Morgan fingerprint density at radius 2 is 2.04 bits per heavy atom. The number of non-ortho nitro benzene ring substituents is 1. The van der Waals surface area contributed by atoms with Crippen molar-refractivity contribution in [2.75, 3.05) is 5.43 Å². The number of aromatic hydroxyl groups is 1. The predicted octanol–water partition coefficient (Wildman–Crippen LogP) is 0.738. The molecule has 0 aliphatic carbocycles. The summed E-state index contributed by atoms with van der Waals surface area (Å²) in [5, 5.41) is 34.5. The van der Waals surface area contributed by atoms with Crippen LogP contribution in [0, 0.1) is 20.2 Å². The number of hydrogen-bond donors (Lipinski definition) is 3. The molecule has 3 N–H and O–H groups in total. The van der Waals surface area contributed by atoms with E-state index in [9.17, 15) is 30.1 Å². The standard InChI is InChI=1S/C11H8N6O6/c18-10-7(11(19)13-5-12-10)4-14-15-8-2-1-6(16(20)21)3-9(8)17(22)23/h1-5,15H,(H2,12,13,18,19). The number of nitro groups is 2. The molecule has 1 aromatic carbocycles. The van der Waals surface area contributed by atoms with Crippen LogP contribution >= 0.6 is 0 Å². The molecule has 0 bridgehead atoms. The first-order chi connectivity index (χ1) is 10.9. The van der Waals surface area contributed by atoms with Crippen molar-refractivity contribution < 1.29 is 15.0 Å². The number of aromatic amines is 1. The van der Waals surface area contributed by atoms with Crippen molar-refractivity contribution in [2.24, 2.45) is 5.10 Å². The topological polar surface area (TPSA) is 177 Å². The second-order valence-electron chi connectivity index (χ2n) is 4.05. The number of benzene rings is 1. The van der Waals surface area contributed by atoms with Gasteiger partial charge in [0.05, 0.1) is 28.5 Å². The lowest BCUT2D eigenvalue weighted by molar-refractivity contribution is -0.393. The van der Waals surface area contributed by atoms with E-state index in [-0.39, 0.29) is 11.3 Å². The Bertz CT molecular complexity index is 860. The Hall–Kier alpha value is -3.83. The van der Waals surface area contributed by atoms with E-state index in [1.165, 1.54) is 0 Å². The predicted molar refractivity (Wildman–Crippen MR) is 77.5 cm³/mol. The highest BCUT2D eigenvalue weighted by Crippen LogP contribution is 2.28. The smallest absolute Gasteiger partial charge is 0.301 e. The van der Waals surface area contributed by atoms with Crippen LogP contribution in [-0.4, -0.2) is 31.1 Å². The van der Waals surface area contributed by atoms with E-state index in [1.807, 2.05) is 0 Å². The molecule has 0 saturated heterocycles. The number of hydrazone groups is 1. The van der Waals surface area contributed by atoms with Crippen LogP contribution in [0.1, 0.15) is 5.56 Å². The maximum Gasteiger partial charge on any atom is 0.301 e. The highest BCUT2D eigenvalue weighted by Gasteiger charge is 2.19. The first kappa shape index (κ1) is 15.6. The Morgan fingerprint density at radius 1 is 1.30 bits per heavy atom. The fourth-order valence-electron chi connectivity index (χ4n) is 1.56. The lowest BCUT2D eigenvalue weighted by Gasteiger charge is -2.02. The molecule has 0 fully saturated rings. The number of anilines is 1. The summed E-state index contributed by atoms with van der Waals surface area (Å²) in [5.41, 5.74) is 0.204. The molecule has 2 rings (SSSR count). The Kier molecular flexibility index (Phi) is 4.26. The lowest BCUT2D eigenvalue weighted by atomic mass is 10.2. The highest BCUT2D eigenvalue weighted by molar-refractivity contribution is 5.82. The van der Waals surface area contributed by atoms with Gasteiger partial charge in [-0.25, -0.2) is 4.98 Å². The first-order valence-corrected chi connectivity index (χ1v) is 5.88. The minimum absolute atomic E-state index is 0.128. The Labute approximate surface area is 126 Å². The number of aromatic nitrogens is 2. The lowest BCUT2D eigenvalue weighted by Crippen LogP contribution is -2.12. The molecule has 118 valence electrons. The molecule has 12 heteroatoms. The van der Waals surface area contributed by atoms with Crippen LogP contribution in [0.2, 0.25) is 0 Å². The van der Waals surface area contributed by atoms with E-state index in [1.54, 1.807) is 0 Å². The number of H-pyrrole nitrogens is 1. The summed E-state index contributed by atoms with van der Waals surface area (Å²) >= 11 is 0. The van der Waals surface area contributed by atoms with Crippen molar-refractivity contribution in [3.8, 4) is 5.88 Å². The summed E-state index contributed by atoms with van der Waals surface area (Å²) < 4.78 is 0. The van der Waals surface area contributed by atoms with Gasteiger partial charge in [0.1, 0.15) is 11.3 Å². The van der Waals surface area contributed by atoms with Crippen LogP contribution in [0.3, 0.4) is 0 Å². The quantitative estimate of drug-likeness (QED) is 0.410. The third-order valence-electron chi connectivity index (χ3n) is 2.64. The van der Waals surface area contributed by atoms with Crippen molar-refractivity contribution in [1.82, 2.24) is 9.97 Å². The van der Waals surface area contributed by atoms with E-state index >= 15 is 0 Å². The van der Waals surface area contributed by atoms with Crippen LogP contribution in [0.15, 0.2) is 34.4 Å². The average molecular weight is 320 g/mol. The van der Waals surface area contributed by atoms with Gasteiger partial charge in [0.15, 0.2) is 0 Å². The Balaban J connectivity index is 2.30. The molecule has 0 aliphatic rings. The second-order valence-corrected chi connectivity index (χ2v) is 4.05. The van der Waals surface area contributed by atoms with Gasteiger partial charge < -0.3 is 10.1 Å². The van der Waals surface area contributed by atoms with Crippen LogP contribution in [0.5, 0.6) is 5.88 Å². The van der Waals surface area contributed by atoms with Crippen LogP contribution < -0.4 is 11.0 Å². The number of nitrogens with zero attached hydrogens (tertiary/aromatic N) is 4. The summed E-state index contributed by atoms with van der Waals surface area (Å²) in [4.78, 5) is 37.0. The number of nitrogens with one attached hydrogen (secondary N) is 2.